The fourth-order valence-corrected chi connectivity index (χ4v) is 2.28. The quantitative estimate of drug-likeness (QED) is 0.204. The smallest absolute Gasteiger partial charge is 0.405 e. The molecule has 0 aliphatic rings. The van der Waals surface area contributed by atoms with Crippen LogP contribution in [0.15, 0.2) is 29.3 Å². The molecule has 0 radical (unpaired) electrons. The molecule has 1 aromatic carbocycles. The van der Waals surface area contributed by atoms with Crippen molar-refractivity contribution in [2.24, 2.45) is 4.99 Å². The molecule has 0 atom stereocenters. The van der Waals surface area contributed by atoms with Crippen molar-refractivity contribution in [3.05, 3.63) is 29.8 Å². The van der Waals surface area contributed by atoms with Gasteiger partial charge in [-0.25, -0.2) is 4.99 Å². The zero-order valence-corrected chi connectivity index (χ0v) is 18.8. The van der Waals surface area contributed by atoms with E-state index in [1.807, 2.05) is 14.0 Å². The highest BCUT2D eigenvalue weighted by molar-refractivity contribution is 14.0. The van der Waals surface area contributed by atoms with Crippen LogP contribution in [0.1, 0.15) is 18.9 Å². The number of nitrogens with one attached hydrogen (secondary N) is 2. The molecule has 2 N–H and O–H groups in total. The molecule has 0 aromatic heterocycles. The predicted molar refractivity (Wildman–Crippen MR) is 115 cm³/mol. The number of benzene rings is 1. The fraction of sp³-hybridized carbons (Fsp3) is 0.611. The molecule has 1 aromatic rings. The van der Waals surface area contributed by atoms with E-state index in [0.29, 0.717) is 31.2 Å². The highest BCUT2D eigenvalue weighted by Crippen LogP contribution is 2.26. The van der Waals surface area contributed by atoms with Crippen molar-refractivity contribution in [3.8, 4) is 5.75 Å². The van der Waals surface area contributed by atoms with Crippen LogP contribution in [-0.2, 0) is 11.3 Å². The summed E-state index contributed by atoms with van der Waals surface area (Å²) in [6, 6.07) is 6.01. The second-order valence-corrected chi connectivity index (χ2v) is 5.93. The first-order valence-electron chi connectivity index (χ1n) is 8.89. The second kappa shape index (κ2) is 14.7. The summed E-state index contributed by atoms with van der Waals surface area (Å²) in [5.41, 5.74) is 0.367. The summed E-state index contributed by atoms with van der Waals surface area (Å²) >= 11 is 0. The molecular formula is C18H30F3IN4O2. The number of methoxy groups -OCH3 is 1. The Balaban J connectivity index is 0.00000729. The van der Waals surface area contributed by atoms with Gasteiger partial charge in [0.2, 0.25) is 0 Å². The van der Waals surface area contributed by atoms with Crippen LogP contribution < -0.4 is 15.4 Å². The van der Waals surface area contributed by atoms with E-state index in [0.717, 1.165) is 19.5 Å². The summed E-state index contributed by atoms with van der Waals surface area (Å²) in [4.78, 5) is 6.52. The summed E-state index contributed by atoms with van der Waals surface area (Å²) in [7, 11) is 3.70. The van der Waals surface area contributed by atoms with Gasteiger partial charge in [0.25, 0.3) is 0 Å². The number of nitrogens with zero attached hydrogens (tertiary/aromatic N) is 2. The van der Waals surface area contributed by atoms with Gasteiger partial charge in [0.1, 0.15) is 5.75 Å². The summed E-state index contributed by atoms with van der Waals surface area (Å²) in [5.74, 6) is 0.322. The van der Waals surface area contributed by atoms with Crippen molar-refractivity contribution in [1.29, 1.82) is 0 Å². The first-order valence-corrected chi connectivity index (χ1v) is 8.89. The average molecular weight is 518 g/mol. The maximum atomic E-state index is 12.5. The Morgan fingerprint density at radius 1 is 1.18 bits per heavy atom. The van der Waals surface area contributed by atoms with Crippen LogP contribution >= 0.6 is 24.0 Å². The largest absolute Gasteiger partial charge is 0.573 e. The summed E-state index contributed by atoms with van der Waals surface area (Å²) in [5, 5.41) is 6.27. The summed E-state index contributed by atoms with van der Waals surface area (Å²) < 4.78 is 46.6. The maximum absolute atomic E-state index is 12.5. The van der Waals surface area contributed by atoms with Crippen LogP contribution in [-0.4, -0.2) is 64.2 Å². The van der Waals surface area contributed by atoms with Gasteiger partial charge in [-0.15, -0.1) is 37.1 Å². The monoisotopic (exact) mass is 518 g/mol. The highest BCUT2D eigenvalue weighted by atomic mass is 127. The van der Waals surface area contributed by atoms with Crippen molar-refractivity contribution >= 4 is 29.9 Å². The van der Waals surface area contributed by atoms with E-state index in [9.17, 15) is 13.2 Å². The Bertz CT molecular complexity index is 574. The first kappa shape index (κ1) is 26.7. The Hall–Kier alpha value is -1.27. The highest BCUT2D eigenvalue weighted by Gasteiger charge is 2.31. The van der Waals surface area contributed by atoms with Gasteiger partial charge in [-0.3, -0.25) is 0 Å². The van der Waals surface area contributed by atoms with Crippen molar-refractivity contribution in [2.45, 2.75) is 26.3 Å². The first-order chi connectivity index (χ1) is 12.9. The molecule has 0 saturated carbocycles. The molecule has 0 fully saturated rings. The lowest BCUT2D eigenvalue weighted by molar-refractivity contribution is -0.274. The molecule has 0 bridgehead atoms. The molecule has 10 heteroatoms. The average Bonchev–Trinajstić information content (AvgIpc) is 2.61. The molecule has 0 aliphatic heterocycles. The third-order valence-electron chi connectivity index (χ3n) is 3.64. The zero-order valence-electron chi connectivity index (χ0n) is 16.5. The minimum Gasteiger partial charge on any atom is -0.405 e. The number of alkyl halides is 3. The van der Waals surface area contributed by atoms with Crippen LogP contribution in [0.25, 0.3) is 0 Å². The van der Waals surface area contributed by atoms with Gasteiger partial charge in [-0.05, 0) is 33.0 Å². The Kier molecular flexibility index (Phi) is 14.0. The molecule has 162 valence electrons. The summed E-state index contributed by atoms with van der Waals surface area (Å²) in [6.45, 7) is 5.81. The van der Waals surface area contributed by atoms with E-state index in [1.165, 1.54) is 12.1 Å². The number of para-hydroxylation sites is 1. The molecule has 0 spiro atoms. The lowest BCUT2D eigenvalue weighted by Crippen LogP contribution is -2.38. The Morgan fingerprint density at radius 3 is 2.54 bits per heavy atom. The maximum Gasteiger partial charge on any atom is 0.573 e. The third kappa shape index (κ3) is 12.2. The van der Waals surface area contributed by atoms with Crippen LogP contribution in [0.2, 0.25) is 0 Å². The van der Waals surface area contributed by atoms with Gasteiger partial charge in [0, 0.05) is 32.3 Å². The van der Waals surface area contributed by atoms with Crippen LogP contribution in [0.3, 0.4) is 0 Å². The van der Waals surface area contributed by atoms with Gasteiger partial charge < -0.3 is 25.0 Å². The van der Waals surface area contributed by atoms with Crippen LogP contribution in [0.5, 0.6) is 5.75 Å². The number of halogens is 4. The number of hydrogen-bond acceptors (Lipinski definition) is 4. The SMILES string of the molecule is CCNC(=NCc1ccccc1OC(F)(F)F)NCCCN(C)CCOC.I. The van der Waals surface area contributed by atoms with Crippen LogP contribution in [0.4, 0.5) is 13.2 Å². The molecule has 0 unspecified atom stereocenters. The topological polar surface area (TPSA) is 58.1 Å². The van der Waals surface area contributed by atoms with Crippen molar-refractivity contribution in [3.63, 3.8) is 0 Å². The van der Waals surface area contributed by atoms with Gasteiger partial charge in [-0.2, -0.15) is 0 Å². The second-order valence-electron chi connectivity index (χ2n) is 5.93. The molecule has 6 nitrogen and oxygen atoms in total. The Labute approximate surface area is 181 Å². The van der Waals surface area contributed by atoms with E-state index in [4.69, 9.17) is 4.74 Å². The number of aliphatic imine (C=N–C) groups is 1. The number of ether oxygens (including phenoxy) is 2. The fourth-order valence-electron chi connectivity index (χ4n) is 2.28. The lowest BCUT2D eigenvalue weighted by Gasteiger charge is -2.17. The van der Waals surface area contributed by atoms with Gasteiger partial charge in [0.05, 0.1) is 13.2 Å². The lowest BCUT2D eigenvalue weighted by atomic mass is 10.2. The van der Waals surface area contributed by atoms with Crippen molar-refractivity contribution in [1.82, 2.24) is 15.5 Å². The predicted octanol–water partition coefficient (Wildman–Crippen LogP) is 3.23. The molecule has 28 heavy (non-hydrogen) atoms. The van der Waals surface area contributed by atoms with E-state index in [2.05, 4.69) is 25.3 Å². The standard InChI is InChI=1S/C18H29F3N4O2.HI/c1-4-22-17(23-10-7-11-25(2)12-13-26-3)24-14-15-8-5-6-9-16(15)27-18(19,20)21;/h5-6,8-9H,4,7,10-14H2,1-3H3,(H2,22,23,24);1H. The van der Waals surface area contributed by atoms with E-state index >= 15 is 0 Å². The Morgan fingerprint density at radius 2 is 1.89 bits per heavy atom. The van der Waals surface area contributed by atoms with Crippen molar-refractivity contribution in [2.75, 3.05) is 46.9 Å². The molecule has 0 aliphatic carbocycles. The van der Waals surface area contributed by atoms with Gasteiger partial charge in [-0.1, -0.05) is 18.2 Å². The number of likely N-dealkylation sites (N-methyl/N-ethyl adjacent to an activating group) is 1. The minimum absolute atomic E-state index is 0. The van der Waals surface area contributed by atoms with Crippen molar-refractivity contribution < 1.29 is 22.6 Å². The third-order valence-corrected chi connectivity index (χ3v) is 3.64. The number of rotatable bonds is 11. The molecule has 0 heterocycles. The minimum atomic E-state index is -4.72. The molecule has 0 saturated heterocycles. The van der Waals surface area contributed by atoms with E-state index in [1.54, 1.807) is 19.2 Å². The van der Waals surface area contributed by atoms with Crippen LogP contribution in [0, 0.1) is 0 Å². The van der Waals surface area contributed by atoms with E-state index < -0.39 is 6.36 Å². The zero-order chi connectivity index (χ0) is 20.1. The number of guanidine groups is 1. The normalized spacial score (nSPS) is 11.9. The molecular weight excluding hydrogens is 488 g/mol. The van der Waals surface area contributed by atoms with Gasteiger partial charge >= 0.3 is 6.36 Å². The summed E-state index contributed by atoms with van der Waals surface area (Å²) in [6.07, 6.45) is -3.82. The molecule has 0 amide bonds. The van der Waals surface area contributed by atoms with E-state index in [-0.39, 0.29) is 36.3 Å². The van der Waals surface area contributed by atoms with Gasteiger partial charge in [0.15, 0.2) is 5.96 Å². The molecule has 1 rings (SSSR count). The number of hydrogen-bond donors (Lipinski definition) is 2.